The number of methoxy groups -OCH3 is 2. The van der Waals surface area contributed by atoms with Gasteiger partial charge in [-0.3, -0.25) is 10.1 Å². The Kier molecular flexibility index (Phi) is 5.16. The Balaban J connectivity index is 1.79. The van der Waals surface area contributed by atoms with Crippen molar-refractivity contribution in [3.8, 4) is 22.1 Å². The summed E-state index contributed by atoms with van der Waals surface area (Å²) in [6, 6.07) is 12.2. The molecule has 25 heavy (non-hydrogen) atoms. The van der Waals surface area contributed by atoms with E-state index in [0.29, 0.717) is 32.2 Å². The molecule has 0 saturated heterocycles. The molecule has 1 N–H and O–H groups in total. The predicted octanol–water partition coefficient (Wildman–Crippen LogP) is 4.13. The van der Waals surface area contributed by atoms with Crippen molar-refractivity contribution >= 4 is 34.0 Å². The molecule has 0 aliphatic carbocycles. The topological polar surface area (TPSA) is 73.3 Å². The van der Waals surface area contributed by atoms with E-state index < -0.39 is 0 Å². The maximum Gasteiger partial charge on any atom is 0.261 e. The van der Waals surface area contributed by atoms with E-state index in [9.17, 15) is 4.79 Å². The van der Waals surface area contributed by atoms with E-state index in [1.165, 1.54) is 18.4 Å². The van der Waals surface area contributed by atoms with Crippen LogP contribution in [0.3, 0.4) is 0 Å². The van der Waals surface area contributed by atoms with E-state index in [1.807, 2.05) is 12.1 Å². The van der Waals surface area contributed by atoms with Crippen LogP contribution in [0.5, 0.6) is 11.5 Å². The molecule has 3 aromatic rings. The van der Waals surface area contributed by atoms with Gasteiger partial charge in [0.15, 0.2) is 0 Å². The number of aromatic nitrogens is 2. The van der Waals surface area contributed by atoms with E-state index >= 15 is 0 Å². The van der Waals surface area contributed by atoms with Gasteiger partial charge in [-0.15, -0.1) is 10.2 Å². The van der Waals surface area contributed by atoms with E-state index in [2.05, 4.69) is 15.5 Å². The lowest BCUT2D eigenvalue weighted by molar-refractivity contribution is 0.102. The number of anilines is 1. The van der Waals surface area contributed by atoms with Crippen LogP contribution in [0.15, 0.2) is 42.5 Å². The largest absolute Gasteiger partial charge is 0.497 e. The van der Waals surface area contributed by atoms with Crippen molar-refractivity contribution in [2.45, 2.75) is 0 Å². The summed E-state index contributed by atoms with van der Waals surface area (Å²) in [6.45, 7) is 0. The molecule has 0 saturated carbocycles. The highest BCUT2D eigenvalue weighted by atomic mass is 35.5. The molecule has 0 aliphatic rings. The normalized spacial score (nSPS) is 10.4. The molecule has 3 rings (SSSR count). The number of benzene rings is 2. The summed E-state index contributed by atoms with van der Waals surface area (Å²) >= 11 is 7.15. The zero-order valence-corrected chi connectivity index (χ0v) is 15.0. The van der Waals surface area contributed by atoms with Crippen molar-refractivity contribution in [2.24, 2.45) is 0 Å². The zero-order chi connectivity index (χ0) is 17.8. The summed E-state index contributed by atoms with van der Waals surface area (Å²) in [5, 5.41) is 12.6. The maximum absolute atomic E-state index is 12.5. The summed E-state index contributed by atoms with van der Waals surface area (Å²) < 4.78 is 10.4. The molecule has 0 aliphatic heterocycles. The average Bonchev–Trinajstić information content (AvgIpc) is 3.10. The first-order chi connectivity index (χ1) is 12.1. The molecule has 1 aromatic heterocycles. The molecule has 8 heteroatoms. The van der Waals surface area contributed by atoms with E-state index in [1.54, 1.807) is 37.4 Å². The van der Waals surface area contributed by atoms with Crippen LogP contribution in [-0.2, 0) is 0 Å². The first kappa shape index (κ1) is 17.2. The summed E-state index contributed by atoms with van der Waals surface area (Å²) in [5.74, 6) is 0.687. The van der Waals surface area contributed by atoms with Gasteiger partial charge in [0.2, 0.25) is 5.13 Å². The number of nitrogens with one attached hydrogen (secondary N) is 1. The maximum atomic E-state index is 12.5. The van der Waals surface area contributed by atoms with Crippen molar-refractivity contribution in [2.75, 3.05) is 19.5 Å². The van der Waals surface area contributed by atoms with Gasteiger partial charge in [-0.2, -0.15) is 0 Å². The lowest BCUT2D eigenvalue weighted by atomic mass is 10.2. The Morgan fingerprint density at radius 2 is 1.84 bits per heavy atom. The molecule has 1 heterocycles. The first-order valence-electron chi connectivity index (χ1n) is 7.23. The van der Waals surface area contributed by atoms with Crippen molar-refractivity contribution < 1.29 is 14.3 Å². The average molecular weight is 376 g/mol. The van der Waals surface area contributed by atoms with Gasteiger partial charge >= 0.3 is 0 Å². The van der Waals surface area contributed by atoms with E-state index in [0.717, 1.165) is 5.56 Å². The lowest BCUT2D eigenvalue weighted by Crippen LogP contribution is -2.13. The number of nitrogens with zero attached hydrogens (tertiary/aromatic N) is 2. The fraction of sp³-hybridized carbons (Fsp3) is 0.118. The number of ether oxygens (including phenoxy) is 2. The van der Waals surface area contributed by atoms with Crippen molar-refractivity contribution in [1.82, 2.24) is 10.2 Å². The third-order valence-corrected chi connectivity index (χ3v) is 4.53. The number of rotatable bonds is 5. The van der Waals surface area contributed by atoms with Gasteiger partial charge in [-0.25, -0.2) is 0 Å². The highest BCUT2D eigenvalue weighted by molar-refractivity contribution is 7.18. The highest BCUT2D eigenvalue weighted by Crippen LogP contribution is 2.29. The Hall–Kier alpha value is -2.64. The summed E-state index contributed by atoms with van der Waals surface area (Å²) in [6.07, 6.45) is 0. The second kappa shape index (κ2) is 7.50. The first-order valence-corrected chi connectivity index (χ1v) is 8.43. The second-order valence-electron chi connectivity index (χ2n) is 4.94. The van der Waals surface area contributed by atoms with Gasteiger partial charge in [-0.1, -0.05) is 35.1 Å². The number of hydrogen-bond donors (Lipinski definition) is 1. The fourth-order valence-electron chi connectivity index (χ4n) is 2.13. The van der Waals surface area contributed by atoms with Crippen LogP contribution in [0, 0.1) is 0 Å². The third-order valence-electron chi connectivity index (χ3n) is 3.39. The molecule has 0 unspecified atom stereocenters. The summed E-state index contributed by atoms with van der Waals surface area (Å²) in [7, 11) is 3.04. The fourth-order valence-corrected chi connectivity index (χ4v) is 3.00. The smallest absolute Gasteiger partial charge is 0.261 e. The van der Waals surface area contributed by atoms with Gasteiger partial charge in [-0.05, 0) is 24.3 Å². The SMILES string of the molecule is COc1ccc(C(=O)Nc2nnc(-c3ccc(Cl)cc3)s2)c(OC)c1. The molecule has 2 aromatic carbocycles. The highest BCUT2D eigenvalue weighted by Gasteiger charge is 2.16. The van der Waals surface area contributed by atoms with E-state index in [4.69, 9.17) is 21.1 Å². The molecular weight excluding hydrogens is 362 g/mol. The Morgan fingerprint density at radius 3 is 2.52 bits per heavy atom. The second-order valence-corrected chi connectivity index (χ2v) is 6.35. The Labute approximate surface area is 153 Å². The van der Waals surface area contributed by atoms with Gasteiger partial charge in [0.25, 0.3) is 5.91 Å². The van der Waals surface area contributed by atoms with Crippen LogP contribution < -0.4 is 14.8 Å². The van der Waals surface area contributed by atoms with Gasteiger partial charge in [0, 0.05) is 16.7 Å². The van der Waals surface area contributed by atoms with Crippen LogP contribution in [-0.4, -0.2) is 30.3 Å². The predicted molar refractivity (Wildman–Crippen MR) is 97.9 cm³/mol. The molecule has 128 valence electrons. The van der Waals surface area contributed by atoms with Gasteiger partial charge in [0.1, 0.15) is 16.5 Å². The third kappa shape index (κ3) is 3.89. The summed E-state index contributed by atoms with van der Waals surface area (Å²) in [4.78, 5) is 12.5. The molecule has 0 bridgehead atoms. The minimum Gasteiger partial charge on any atom is -0.497 e. The van der Waals surface area contributed by atoms with Crippen molar-refractivity contribution in [3.05, 3.63) is 53.1 Å². The van der Waals surface area contributed by atoms with Crippen molar-refractivity contribution in [1.29, 1.82) is 0 Å². The monoisotopic (exact) mass is 375 g/mol. The van der Waals surface area contributed by atoms with Crippen LogP contribution in [0.2, 0.25) is 5.02 Å². The quantitative estimate of drug-likeness (QED) is 0.725. The molecule has 0 atom stereocenters. The minimum atomic E-state index is -0.335. The number of halogens is 1. The molecular formula is C17H14ClN3O3S. The number of hydrogen-bond acceptors (Lipinski definition) is 6. The number of carbonyl (C=O) groups excluding carboxylic acids is 1. The molecule has 0 radical (unpaired) electrons. The van der Waals surface area contributed by atoms with Gasteiger partial charge < -0.3 is 9.47 Å². The molecule has 0 fully saturated rings. The molecule has 1 amide bonds. The lowest BCUT2D eigenvalue weighted by Gasteiger charge is -2.09. The van der Waals surface area contributed by atoms with E-state index in [-0.39, 0.29) is 5.91 Å². The number of carbonyl (C=O) groups is 1. The van der Waals surface area contributed by atoms with Crippen LogP contribution >= 0.6 is 22.9 Å². The Morgan fingerprint density at radius 1 is 1.08 bits per heavy atom. The van der Waals surface area contributed by atoms with Crippen LogP contribution in [0.4, 0.5) is 5.13 Å². The van der Waals surface area contributed by atoms with Crippen LogP contribution in [0.1, 0.15) is 10.4 Å². The van der Waals surface area contributed by atoms with Crippen molar-refractivity contribution in [3.63, 3.8) is 0 Å². The number of amides is 1. The summed E-state index contributed by atoms with van der Waals surface area (Å²) in [5.41, 5.74) is 1.26. The van der Waals surface area contributed by atoms with Gasteiger partial charge in [0.05, 0.1) is 19.8 Å². The zero-order valence-electron chi connectivity index (χ0n) is 13.4. The van der Waals surface area contributed by atoms with Crippen LogP contribution in [0.25, 0.3) is 10.6 Å². The minimum absolute atomic E-state index is 0.335. The molecule has 0 spiro atoms. The Bertz CT molecular complexity index is 896. The standard InChI is InChI=1S/C17H14ClN3O3S/c1-23-12-7-8-13(14(9-12)24-2)15(22)19-17-21-20-16(25-17)10-3-5-11(18)6-4-10/h3-9H,1-2H3,(H,19,21,22). The molecule has 6 nitrogen and oxygen atoms in total.